The highest BCUT2D eigenvalue weighted by atomic mass is 14.5. The summed E-state index contributed by atoms with van der Waals surface area (Å²) in [5, 5.41) is 15.3. The molecule has 0 fully saturated rings. The lowest BCUT2D eigenvalue weighted by atomic mass is 9.68. The SMILES string of the molecule is c1ccc(-c2ccc3cc(-c4c5ccccc5c(-c5ccc6c7c(ccc6c5)-c5c(c6ccccc6c6ccccc56)C75c6ccccc6-c6ccccc65)c5ccccc45)ccc3c2)cc1. The fourth-order valence-corrected chi connectivity index (χ4v) is 12.8. The van der Waals surface area contributed by atoms with E-state index < -0.39 is 5.41 Å². The molecule has 0 saturated carbocycles. The number of rotatable bonds is 3. The molecule has 15 rings (SSSR count). The van der Waals surface area contributed by atoms with Crippen LogP contribution in [0.1, 0.15) is 22.3 Å². The average molecular weight is 845 g/mol. The van der Waals surface area contributed by atoms with Gasteiger partial charge in [-0.05, 0) is 161 Å². The predicted octanol–water partition coefficient (Wildman–Crippen LogP) is 18.0. The Kier molecular flexibility index (Phi) is 7.52. The first-order chi connectivity index (χ1) is 33.3. The highest BCUT2D eigenvalue weighted by Crippen LogP contribution is 2.66. The van der Waals surface area contributed by atoms with Crippen LogP contribution < -0.4 is 0 Å². The standard InChI is InChI=1S/C67H40/c1-2-16-41(17-3-1)42-30-31-44-39-46(33-32-43(44)38-42)62-54-23-7-9-25-56(54)63(57-26-10-8-24-55(57)62)47-35-36-48-45(40-47)34-37-59-64-53-22-6-4-18-49(53)50-19-5-11-27-58(50)66(64)67(65(48)59)60-28-14-12-20-51(60)52-21-13-15-29-61(52)67/h1-40H. The molecule has 0 heteroatoms. The van der Waals surface area contributed by atoms with Crippen molar-refractivity contribution in [3.05, 3.63) is 265 Å². The zero-order valence-electron chi connectivity index (χ0n) is 36.6. The van der Waals surface area contributed by atoms with Crippen LogP contribution in [0.15, 0.2) is 243 Å². The molecule has 308 valence electrons. The van der Waals surface area contributed by atoms with Crippen molar-refractivity contribution in [2.75, 3.05) is 0 Å². The van der Waals surface area contributed by atoms with E-state index in [0.29, 0.717) is 0 Å². The van der Waals surface area contributed by atoms with E-state index >= 15 is 0 Å². The first kappa shape index (κ1) is 36.7. The molecule has 0 amide bonds. The molecule has 0 N–H and O–H groups in total. The minimum Gasteiger partial charge on any atom is -0.0622 e. The van der Waals surface area contributed by atoms with Gasteiger partial charge >= 0.3 is 0 Å². The van der Waals surface area contributed by atoms with Gasteiger partial charge in [0.15, 0.2) is 0 Å². The fraction of sp³-hybridized carbons (Fsp3) is 0.0149. The summed E-state index contributed by atoms with van der Waals surface area (Å²) in [5.41, 5.74) is 17.8. The highest BCUT2D eigenvalue weighted by Gasteiger charge is 2.53. The van der Waals surface area contributed by atoms with Gasteiger partial charge in [0.2, 0.25) is 0 Å². The van der Waals surface area contributed by atoms with Crippen LogP contribution in [0.4, 0.5) is 0 Å². The Morgan fingerprint density at radius 2 is 0.627 bits per heavy atom. The van der Waals surface area contributed by atoms with Crippen molar-refractivity contribution >= 4 is 64.6 Å². The van der Waals surface area contributed by atoms with Gasteiger partial charge in [-0.3, -0.25) is 0 Å². The van der Waals surface area contributed by atoms with Crippen molar-refractivity contribution in [3.63, 3.8) is 0 Å². The van der Waals surface area contributed by atoms with Crippen LogP contribution in [0.3, 0.4) is 0 Å². The molecule has 2 aliphatic rings. The van der Waals surface area contributed by atoms with Gasteiger partial charge in [-0.15, -0.1) is 0 Å². The lowest BCUT2D eigenvalue weighted by Crippen LogP contribution is -2.26. The zero-order valence-corrected chi connectivity index (χ0v) is 36.6. The molecule has 13 aromatic carbocycles. The van der Waals surface area contributed by atoms with Gasteiger partial charge in [0.25, 0.3) is 0 Å². The molecule has 0 unspecified atom stereocenters. The molecular weight excluding hydrogens is 805 g/mol. The van der Waals surface area contributed by atoms with Gasteiger partial charge in [-0.25, -0.2) is 0 Å². The summed E-state index contributed by atoms with van der Waals surface area (Å²) in [6, 6.07) is 91.4. The molecule has 0 aliphatic heterocycles. The second-order valence-electron chi connectivity index (χ2n) is 18.6. The van der Waals surface area contributed by atoms with E-state index in [2.05, 4.69) is 243 Å². The number of hydrogen-bond acceptors (Lipinski definition) is 0. The van der Waals surface area contributed by atoms with E-state index in [1.807, 2.05) is 0 Å². The van der Waals surface area contributed by atoms with E-state index in [0.717, 1.165) is 0 Å². The molecule has 0 saturated heterocycles. The zero-order chi connectivity index (χ0) is 43.8. The monoisotopic (exact) mass is 844 g/mol. The molecule has 0 radical (unpaired) electrons. The largest absolute Gasteiger partial charge is 0.0737 e. The van der Waals surface area contributed by atoms with Crippen molar-refractivity contribution in [3.8, 4) is 55.6 Å². The van der Waals surface area contributed by atoms with Crippen LogP contribution in [0.25, 0.3) is 120 Å². The maximum atomic E-state index is 2.48. The quantitative estimate of drug-likeness (QED) is 0.123. The lowest BCUT2D eigenvalue weighted by Gasteiger charge is -2.32. The van der Waals surface area contributed by atoms with E-state index in [4.69, 9.17) is 0 Å². The van der Waals surface area contributed by atoms with Crippen LogP contribution >= 0.6 is 0 Å². The van der Waals surface area contributed by atoms with E-state index in [-0.39, 0.29) is 0 Å². The van der Waals surface area contributed by atoms with Crippen LogP contribution in [0.2, 0.25) is 0 Å². The second-order valence-corrected chi connectivity index (χ2v) is 18.6. The van der Waals surface area contributed by atoms with Crippen molar-refractivity contribution < 1.29 is 0 Å². The Morgan fingerprint density at radius 3 is 1.22 bits per heavy atom. The summed E-state index contributed by atoms with van der Waals surface area (Å²) < 4.78 is 0. The van der Waals surface area contributed by atoms with Crippen LogP contribution in [-0.2, 0) is 5.41 Å². The van der Waals surface area contributed by atoms with Crippen molar-refractivity contribution in [2.24, 2.45) is 0 Å². The van der Waals surface area contributed by atoms with Crippen molar-refractivity contribution in [1.82, 2.24) is 0 Å². The number of hydrogen-bond donors (Lipinski definition) is 0. The molecular formula is C67H40. The second kappa shape index (κ2) is 13.7. The van der Waals surface area contributed by atoms with E-state index in [9.17, 15) is 0 Å². The Balaban J connectivity index is 0.984. The summed E-state index contributed by atoms with van der Waals surface area (Å²) in [6.45, 7) is 0. The molecule has 0 atom stereocenters. The van der Waals surface area contributed by atoms with Gasteiger partial charge < -0.3 is 0 Å². The van der Waals surface area contributed by atoms with Gasteiger partial charge in [-0.1, -0.05) is 224 Å². The molecule has 0 nitrogen and oxygen atoms in total. The van der Waals surface area contributed by atoms with Gasteiger partial charge in [-0.2, -0.15) is 0 Å². The Hall–Kier alpha value is -8.58. The van der Waals surface area contributed by atoms with Crippen LogP contribution in [0.5, 0.6) is 0 Å². The lowest BCUT2D eigenvalue weighted by molar-refractivity contribution is 0.809. The number of fused-ring (bicyclic) bond motifs is 20. The topological polar surface area (TPSA) is 0 Å². The normalized spacial score (nSPS) is 13.2. The Labute approximate surface area is 388 Å². The van der Waals surface area contributed by atoms with Crippen LogP contribution in [0, 0.1) is 0 Å². The minimum absolute atomic E-state index is 0.507. The minimum atomic E-state index is -0.507. The first-order valence-electron chi connectivity index (χ1n) is 23.5. The molecule has 0 aromatic heterocycles. The summed E-state index contributed by atoms with van der Waals surface area (Å²) >= 11 is 0. The third-order valence-corrected chi connectivity index (χ3v) is 15.4. The van der Waals surface area contributed by atoms with E-state index in [1.165, 1.54) is 143 Å². The summed E-state index contributed by atoms with van der Waals surface area (Å²) in [7, 11) is 0. The van der Waals surface area contributed by atoms with E-state index in [1.54, 1.807) is 0 Å². The van der Waals surface area contributed by atoms with Crippen molar-refractivity contribution in [1.29, 1.82) is 0 Å². The average Bonchev–Trinajstić information content (AvgIpc) is 3.88. The molecule has 0 bridgehead atoms. The third kappa shape index (κ3) is 4.92. The van der Waals surface area contributed by atoms with Gasteiger partial charge in [0, 0.05) is 0 Å². The van der Waals surface area contributed by atoms with Crippen molar-refractivity contribution in [2.45, 2.75) is 5.41 Å². The van der Waals surface area contributed by atoms with Crippen LogP contribution in [-0.4, -0.2) is 0 Å². The maximum absolute atomic E-state index is 2.48. The smallest absolute Gasteiger partial charge is 0.0622 e. The molecule has 2 aliphatic carbocycles. The predicted molar refractivity (Wildman–Crippen MR) is 284 cm³/mol. The summed E-state index contributed by atoms with van der Waals surface area (Å²) in [5.74, 6) is 0. The van der Waals surface area contributed by atoms with Gasteiger partial charge in [0.1, 0.15) is 0 Å². The summed E-state index contributed by atoms with van der Waals surface area (Å²) in [6.07, 6.45) is 0. The molecule has 0 heterocycles. The molecule has 67 heavy (non-hydrogen) atoms. The molecule has 13 aromatic rings. The molecule has 1 spiro atoms. The van der Waals surface area contributed by atoms with Gasteiger partial charge in [0.05, 0.1) is 5.41 Å². The summed E-state index contributed by atoms with van der Waals surface area (Å²) in [4.78, 5) is 0. The Bertz CT molecular complexity index is 4160. The Morgan fingerprint density at radius 1 is 0.209 bits per heavy atom. The fourth-order valence-electron chi connectivity index (χ4n) is 12.8. The maximum Gasteiger partial charge on any atom is 0.0737 e. The highest BCUT2D eigenvalue weighted by molar-refractivity contribution is 6.24. The first-order valence-corrected chi connectivity index (χ1v) is 23.5. The third-order valence-electron chi connectivity index (χ3n) is 15.4. The number of benzene rings is 13.